The van der Waals surface area contributed by atoms with Crippen LogP contribution in [0.15, 0.2) is 52.9 Å². The molecule has 0 fully saturated rings. The maximum absolute atomic E-state index is 12.6. The highest BCUT2D eigenvalue weighted by Gasteiger charge is 2.20. The van der Waals surface area contributed by atoms with Gasteiger partial charge < -0.3 is 5.73 Å². The Labute approximate surface area is 177 Å². The lowest BCUT2D eigenvalue weighted by Gasteiger charge is -1.99. The summed E-state index contributed by atoms with van der Waals surface area (Å²) < 4.78 is 0.410. The number of benzene rings is 2. The molecule has 3 aromatic rings. The van der Waals surface area contributed by atoms with Crippen LogP contribution in [0.25, 0.3) is 0 Å². The van der Waals surface area contributed by atoms with Gasteiger partial charge in [0.2, 0.25) is 5.78 Å². The van der Waals surface area contributed by atoms with Crippen LogP contribution < -0.4 is 5.73 Å². The van der Waals surface area contributed by atoms with Gasteiger partial charge in [-0.25, -0.2) is 4.98 Å². The normalized spacial score (nSPS) is 10.5. The van der Waals surface area contributed by atoms with Gasteiger partial charge in [0.05, 0.1) is 15.6 Å². The molecule has 152 valence electrons. The number of nitrogens with two attached hydrogens (primary N) is 1. The molecule has 2 N–H and O–H groups in total. The first-order valence-electron chi connectivity index (χ1n) is 8.22. The number of hydrogen-bond donors (Lipinski definition) is 1. The van der Waals surface area contributed by atoms with Crippen LogP contribution in [0.2, 0.25) is 0 Å². The van der Waals surface area contributed by atoms with E-state index in [0.29, 0.717) is 9.90 Å². The van der Waals surface area contributed by atoms with Crippen molar-refractivity contribution in [2.75, 3.05) is 11.5 Å². The highest BCUT2D eigenvalue weighted by atomic mass is 32.2. The summed E-state index contributed by atoms with van der Waals surface area (Å²) in [6.45, 7) is 0. The van der Waals surface area contributed by atoms with E-state index in [1.165, 1.54) is 48.5 Å². The minimum atomic E-state index is -0.563. The van der Waals surface area contributed by atoms with Gasteiger partial charge in [0.1, 0.15) is 10.7 Å². The molecule has 10 nitrogen and oxygen atoms in total. The molecule has 0 spiro atoms. The molecule has 3 rings (SSSR count). The van der Waals surface area contributed by atoms with Crippen molar-refractivity contribution in [2.45, 2.75) is 4.34 Å². The molecule has 1 heterocycles. The quantitative estimate of drug-likeness (QED) is 0.236. The number of nitro benzene ring substituents is 2. The number of thiazole rings is 1. The Balaban J connectivity index is 1.68. The molecule has 0 bridgehead atoms. The second-order valence-electron chi connectivity index (χ2n) is 5.84. The van der Waals surface area contributed by atoms with Crippen molar-refractivity contribution in [3.05, 3.63) is 84.8 Å². The second-order valence-corrected chi connectivity index (χ2v) is 8.06. The van der Waals surface area contributed by atoms with E-state index in [1.807, 2.05) is 0 Å². The average molecular weight is 444 g/mol. The molecule has 0 aliphatic rings. The molecule has 12 heteroatoms. The molecule has 2 aromatic carbocycles. The number of nitro groups is 2. The highest BCUT2D eigenvalue weighted by Crippen LogP contribution is 2.31. The summed E-state index contributed by atoms with van der Waals surface area (Å²) >= 11 is 2.11. The molecule has 0 atom stereocenters. The summed E-state index contributed by atoms with van der Waals surface area (Å²) in [5, 5.41) is 21.4. The van der Waals surface area contributed by atoms with Crippen LogP contribution in [0.5, 0.6) is 0 Å². The Bertz CT molecular complexity index is 1140. The maximum atomic E-state index is 12.6. The van der Waals surface area contributed by atoms with E-state index in [4.69, 9.17) is 5.73 Å². The number of hydrogen-bond acceptors (Lipinski definition) is 10. The zero-order valence-corrected chi connectivity index (χ0v) is 16.6. The van der Waals surface area contributed by atoms with Crippen LogP contribution in [0.1, 0.15) is 25.6 Å². The number of nitrogen functional groups attached to an aromatic ring is 1. The van der Waals surface area contributed by atoms with Gasteiger partial charge >= 0.3 is 0 Å². The molecule has 0 saturated heterocycles. The van der Waals surface area contributed by atoms with Crippen LogP contribution in [0.3, 0.4) is 0 Å². The standard InChI is InChI=1S/C18H12N4O6S2/c19-17-16(15(24)11-3-7-13(8-4-11)22(27)28)30-18(20-17)29-9-14(23)10-1-5-12(6-2-10)21(25)26/h1-8H,9,19H2. The van der Waals surface area contributed by atoms with Crippen LogP contribution in [0.4, 0.5) is 17.2 Å². The first-order chi connectivity index (χ1) is 14.3. The van der Waals surface area contributed by atoms with Crippen molar-refractivity contribution in [1.29, 1.82) is 0 Å². The lowest BCUT2D eigenvalue weighted by Crippen LogP contribution is -2.02. The molecule has 0 aliphatic carbocycles. The smallest absolute Gasteiger partial charge is 0.269 e. The molecule has 0 radical (unpaired) electrons. The Morgan fingerprint density at radius 2 is 1.43 bits per heavy atom. The fourth-order valence-electron chi connectivity index (χ4n) is 2.38. The van der Waals surface area contributed by atoms with E-state index in [-0.39, 0.29) is 39.2 Å². The summed E-state index contributed by atoms with van der Waals surface area (Å²) in [4.78, 5) is 49.4. The Morgan fingerprint density at radius 3 is 1.93 bits per heavy atom. The zero-order valence-electron chi connectivity index (χ0n) is 15.0. The SMILES string of the molecule is Nc1nc(SCC(=O)c2ccc([N+](=O)[O-])cc2)sc1C(=O)c1ccc([N+](=O)[O-])cc1. The summed E-state index contributed by atoms with van der Waals surface area (Å²) in [6.07, 6.45) is 0. The number of nitrogens with zero attached hydrogens (tertiary/aromatic N) is 3. The summed E-state index contributed by atoms with van der Waals surface area (Å²) in [7, 11) is 0. The van der Waals surface area contributed by atoms with Crippen LogP contribution in [0, 0.1) is 20.2 Å². The van der Waals surface area contributed by atoms with E-state index in [9.17, 15) is 29.8 Å². The van der Waals surface area contributed by atoms with Gasteiger partial charge in [0.15, 0.2) is 10.1 Å². The van der Waals surface area contributed by atoms with E-state index in [0.717, 1.165) is 23.1 Å². The topological polar surface area (TPSA) is 159 Å². The van der Waals surface area contributed by atoms with Crippen molar-refractivity contribution in [3.63, 3.8) is 0 Å². The van der Waals surface area contributed by atoms with E-state index >= 15 is 0 Å². The maximum Gasteiger partial charge on any atom is 0.269 e. The first kappa shape index (κ1) is 21.1. The minimum Gasteiger partial charge on any atom is -0.382 e. The summed E-state index contributed by atoms with van der Waals surface area (Å²) in [5.74, 6) is -0.662. The van der Waals surface area contributed by atoms with Crippen molar-refractivity contribution in [3.8, 4) is 0 Å². The van der Waals surface area contributed by atoms with Crippen molar-refractivity contribution >= 4 is 51.9 Å². The number of thioether (sulfide) groups is 1. The van der Waals surface area contributed by atoms with Gasteiger partial charge in [-0.2, -0.15) is 0 Å². The van der Waals surface area contributed by atoms with Crippen LogP contribution in [-0.2, 0) is 0 Å². The van der Waals surface area contributed by atoms with Gasteiger partial charge in [-0.1, -0.05) is 11.8 Å². The number of non-ortho nitro benzene ring substituents is 2. The van der Waals surface area contributed by atoms with Crippen molar-refractivity contribution in [2.24, 2.45) is 0 Å². The third-order valence-electron chi connectivity index (χ3n) is 3.91. The summed E-state index contributed by atoms with van der Waals surface area (Å²) in [5.41, 5.74) is 6.13. The second kappa shape index (κ2) is 8.80. The number of ketones is 2. The Kier molecular flexibility index (Phi) is 6.18. The zero-order chi connectivity index (χ0) is 21.8. The number of carbonyl (C=O) groups excluding carboxylic acids is 2. The average Bonchev–Trinajstić information content (AvgIpc) is 3.12. The van der Waals surface area contributed by atoms with E-state index in [1.54, 1.807) is 0 Å². The molecule has 0 amide bonds. The van der Waals surface area contributed by atoms with Gasteiger partial charge in [-0.3, -0.25) is 29.8 Å². The fraction of sp³-hybridized carbons (Fsp3) is 0.0556. The fourth-order valence-corrected chi connectivity index (χ4v) is 4.31. The Hall–Kier alpha value is -3.64. The van der Waals surface area contributed by atoms with Gasteiger partial charge in [0, 0.05) is 35.4 Å². The largest absolute Gasteiger partial charge is 0.382 e. The number of anilines is 1. The third-order valence-corrected chi connectivity index (χ3v) is 6.12. The van der Waals surface area contributed by atoms with Gasteiger partial charge in [-0.15, -0.1) is 11.3 Å². The number of Topliss-reactive ketones (excluding diaryl/α,β-unsaturated/α-hetero) is 1. The lowest BCUT2D eigenvalue weighted by atomic mass is 10.1. The summed E-state index contributed by atoms with van der Waals surface area (Å²) in [6, 6.07) is 10.4. The Morgan fingerprint density at radius 1 is 0.933 bits per heavy atom. The monoisotopic (exact) mass is 444 g/mol. The lowest BCUT2D eigenvalue weighted by molar-refractivity contribution is -0.385. The molecular formula is C18H12N4O6S2. The minimum absolute atomic E-state index is 0.00800. The van der Waals surface area contributed by atoms with Crippen molar-refractivity contribution < 1.29 is 19.4 Å². The highest BCUT2D eigenvalue weighted by molar-refractivity contribution is 8.01. The van der Waals surface area contributed by atoms with Crippen LogP contribution in [-0.4, -0.2) is 32.1 Å². The molecule has 0 saturated carbocycles. The molecular weight excluding hydrogens is 432 g/mol. The van der Waals surface area contributed by atoms with Crippen LogP contribution >= 0.6 is 23.1 Å². The van der Waals surface area contributed by atoms with Gasteiger partial charge in [-0.05, 0) is 24.3 Å². The number of aromatic nitrogens is 1. The number of carbonyl (C=O) groups is 2. The predicted molar refractivity (Wildman–Crippen MR) is 111 cm³/mol. The third kappa shape index (κ3) is 4.67. The van der Waals surface area contributed by atoms with Gasteiger partial charge in [0.25, 0.3) is 11.4 Å². The van der Waals surface area contributed by atoms with E-state index in [2.05, 4.69) is 4.98 Å². The van der Waals surface area contributed by atoms with E-state index < -0.39 is 15.6 Å². The van der Waals surface area contributed by atoms with Crippen molar-refractivity contribution in [1.82, 2.24) is 4.98 Å². The predicted octanol–water partition coefficient (Wildman–Crippen LogP) is 3.75. The molecule has 30 heavy (non-hydrogen) atoms. The molecule has 1 aromatic heterocycles. The molecule has 0 unspecified atom stereocenters. The number of rotatable bonds is 8. The molecule has 0 aliphatic heterocycles. The first-order valence-corrected chi connectivity index (χ1v) is 10.0.